The van der Waals surface area contributed by atoms with E-state index in [-0.39, 0.29) is 24.0 Å². The normalized spacial score (nSPS) is 22.1. The molecule has 0 spiro atoms. The Bertz CT molecular complexity index is 503. The molecule has 22 heavy (non-hydrogen) atoms. The van der Waals surface area contributed by atoms with Crippen molar-refractivity contribution in [1.82, 2.24) is 4.90 Å². The minimum Gasteiger partial charge on any atom is -0.465 e. The molecule has 0 bridgehead atoms. The summed E-state index contributed by atoms with van der Waals surface area (Å²) >= 11 is 0. The third-order valence-electron chi connectivity index (χ3n) is 3.85. The Morgan fingerprint density at radius 3 is 2.55 bits per heavy atom. The average Bonchev–Trinajstić information content (AvgIpc) is 2.47. The van der Waals surface area contributed by atoms with Crippen LogP contribution in [0.5, 0.6) is 0 Å². The first-order valence-corrected chi connectivity index (χ1v) is 7.61. The van der Waals surface area contributed by atoms with E-state index in [1.165, 1.54) is 19.4 Å². The van der Waals surface area contributed by atoms with E-state index in [0.29, 0.717) is 13.2 Å². The van der Waals surface area contributed by atoms with Crippen LogP contribution in [-0.4, -0.2) is 42.6 Å². The first kappa shape index (κ1) is 16.5. The van der Waals surface area contributed by atoms with Gasteiger partial charge in [0.25, 0.3) is 0 Å². The van der Waals surface area contributed by atoms with Gasteiger partial charge in [-0.3, -0.25) is 14.5 Å². The summed E-state index contributed by atoms with van der Waals surface area (Å²) in [4.78, 5) is 24.6. The van der Waals surface area contributed by atoms with Crippen LogP contribution in [0.2, 0.25) is 0 Å². The van der Waals surface area contributed by atoms with Crippen LogP contribution in [0, 0.1) is 5.92 Å². The van der Waals surface area contributed by atoms with Crippen LogP contribution >= 0.6 is 0 Å². The Balaban J connectivity index is 1.95. The van der Waals surface area contributed by atoms with Crippen LogP contribution in [0.25, 0.3) is 0 Å². The third kappa shape index (κ3) is 5.15. The smallest absolute Gasteiger partial charge is 0.302 e. The van der Waals surface area contributed by atoms with Crippen molar-refractivity contribution in [2.24, 2.45) is 5.92 Å². The second-order valence-corrected chi connectivity index (χ2v) is 5.72. The number of benzene rings is 1. The lowest BCUT2D eigenvalue weighted by atomic mass is 9.94. The van der Waals surface area contributed by atoms with Gasteiger partial charge in [-0.2, -0.15) is 0 Å². The molecule has 1 aliphatic heterocycles. The Morgan fingerprint density at radius 1 is 1.18 bits per heavy atom. The molecule has 5 heteroatoms. The van der Waals surface area contributed by atoms with Gasteiger partial charge in [0.2, 0.25) is 0 Å². The molecular weight excluding hydrogens is 282 g/mol. The lowest BCUT2D eigenvalue weighted by Crippen LogP contribution is -2.47. The zero-order chi connectivity index (χ0) is 15.9. The molecule has 0 aliphatic carbocycles. The molecule has 1 aromatic rings. The number of hydrogen-bond acceptors (Lipinski definition) is 5. The highest BCUT2D eigenvalue weighted by molar-refractivity contribution is 5.66. The Hall–Kier alpha value is -1.88. The van der Waals surface area contributed by atoms with Gasteiger partial charge in [0.15, 0.2) is 0 Å². The van der Waals surface area contributed by atoms with Gasteiger partial charge in [0.1, 0.15) is 6.10 Å². The lowest BCUT2D eigenvalue weighted by molar-refractivity contribution is -0.157. The molecule has 2 rings (SSSR count). The highest BCUT2D eigenvalue weighted by Gasteiger charge is 2.32. The van der Waals surface area contributed by atoms with Gasteiger partial charge >= 0.3 is 11.9 Å². The topological polar surface area (TPSA) is 55.8 Å². The minimum absolute atomic E-state index is 0.0693. The van der Waals surface area contributed by atoms with Gasteiger partial charge in [-0.1, -0.05) is 30.3 Å². The molecule has 0 N–H and O–H groups in total. The summed E-state index contributed by atoms with van der Waals surface area (Å²) in [6.07, 6.45) is 0.618. The van der Waals surface area contributed by atoms with Crippen LogP contribution in [0.15, 0.2) is 30.3 Å². The van der Waals surface area contributed by atoms with Gasteiger partial charge in [0.05, 0.1) is 6.61 Å². The van der Waals surface area contributed by atoms with Crippen molar-refractivity contribution in [3.05, 3.63) is 35.9 Å². The number of ether oxygens (including phenoxy) is 2. The standard InChI is InChI=1S/C17H23NO4/c1-13(19)21-12-16-8-9-18(11-17(16)22-14(2)20)10-15-6-4-3-5-7-15/h3-7,16-17H,8-12H2,1-2H3. The zero-order valence-corrected chi connectivity index (χ0v) is 13.2. The molecule has 1 saturated heterocycles. The largest absolute Gasteiger partial charge is 0.465 e. The second kappa shape index (κ2) is 7.94. The molecule has 1 aliphatic rings. The van der Waals surface area contributed by atoms with Crippen LogP contribution < -0.4 is 0 Å². The van der Waals surface area contributed by atoms with Gasteiger partial charge < -0.3 is 9.47 Å². The summed E-state index contributed by atoms with van der Waals surface area (Å²) in [6.45, 7) is 5.52. The van der Waals surface area contributed by atoms with Crippen LogP contribution in [0.3, 0.4) is 0 Å². The molecular formula is C17H23NO4. The lowest BCUT2D eigenvalue weighted by Gasteiger charge is -2.37. The van der Waals surface area contributed by atoms with Gasteiger partial charge in [-0.05, 0) is 18.5 Å². The Labute approximate surface area is 131 Å². The van der Waals surface area contributed by atoms with Gasteiger partial charge in [-0.15, -0.1) is 0 Å². The highest BCUT2D eigenvalue weighted by Crippen LogP contribution is 2.23. The van der Waals surface area contributed by atoms with E-state index in [1.807, 2.05) is 18.2 Å². The zero-order valence-electron chi connectivity index (χ0n) is 13.2. The third-order valence-corrected chi connectivity index (χ3v) is 3.85. The van der Waals surface area contributed by atoms with Crippen molar-refractivity contribution < 1.29 is 19.1 Å². The van der Waals surface area contributed by atoms with E-state index in [2.05, 4.69) is 17.0 Å². The monoisotopic (exact) mass is 305 g/mol. The minimum atomic E-state index is -0.298. The maximum Gasteiger partial charge on any atom is 0.302 e. The summed E-state index contributed by atoms with van der Waals surface area (Å²) in [6, 6.07) is 10.2. The van der Waals surface area contributed by atoms with Crippen LogP contribution in [-0.2, 0) is 25.6 Å². The molecule has 0 radical (unpaired) electrons. The number of carbonyl (C=O) groups excluding carboxylic acids is 2. The van der Waals surface area contributed by atoms with E-state index in [0.717, 1.165) is 19.5 Å². The fourth-order valence-corrected chi connectivity index (χ4v) is 2.78. The van der Waals surface area contributed by atoms with Crippen molar-refractivity contribution in [2.45, 2.75) is 32.9 Å². The van der Waals surface area contributed by atoms with Crippen LogP contribution in [0.4, 0.5) is 0 Å². The Kier molecular flexibility index (Phi) is 5.95. The molecule has 1 heterocycles. The number of piperidine rings is 1. The summed E-state index contributed by atoms with van der Waals surface area (Å²) in [5.74, 6) is -0.521. The molecule has 120 valence electrons. The number of nitrogens with zero attached hydrogens (tertiary/aromatic N) is 1. The van der Waals surface area contributed by atoms with Crippen molar-refractivity contribution in [3.63, 3.8) is 0 Å². The first-order valence-electron chi connectivity index (χ1n) is 7.61. The fraction of sp³-hybridized carbons (Fsp3) is 0.529. The number of likely N-dealkylation sites (tertiary alicyclic amines) is 1. The van der Waals surface area contributed by atoms with Crippen LogP contribution in [0.1, 0.15) is 25.8 Å². The Morgan fingerprint density at radius 2 is 1.91 bits per heavy atom. The number of rotatable bonds is 5. The second-order valence-electron chi connectivity index (χ2n) is 5.72. The summed E-state index contributed by atoms with van der Waals surface area (Å²) in [7, 11) is 0. The van der Waals surface area contributed by atoms with E-state index < -0.39 is 0 Å². The molecule has 2 unspecified atom stereocenters. The molecule has 0 saturated carbocycles. The SMILES string of the molecule is CC(=O)OCC1CCN(Cc2ccccc2)CC1OC(C)=O. The summed E-state index contributed by atoms with van der Waals surface area (Å²) < 4.78 is 10.5. The van der Waals surface area contributed by atoms with Gasteiger partial charge in [0, 0.05) is 32.9 Å². The highest BCUT2D eigenvalue weighted by atomic mass is 16.6. The molecule has 1 fully saturated rings. The predicted octanol–water partition coefficient (Wildman–Crippen LogP) is 2.00. The van der Waals surface area contributed by atoms with E-state index in [4.69, 9.17) is 9.47 Å². The number of hydrogen-bond donors (Lipinski definition) is 0. The van der Waals surface area contributed by atoms with Gasteiger partial charge in [-0.25, -0.2) is 0 Å². The number of esters is 2. The fourth-order valence-electron chi connectivity index (χ4n) is 2.78. The predicted molar refractivity (Wildman–Crippen MR) is 82.0 cm³/mol. The van der Waals surface area contributed by atoms with Crippen molar-refractivity contribution in [1.29, 1.82) is 0 Å². The van der Waals surface area contributed by atoms with E-state index in [1.54, 1.807) is 0 Å². The van der Waals surface area contributed by atoms with Crippen molar-refractivity contribution >= 4 is 11.9 Å². The van der Waals surface area contributed by atoms with Crippen molar-refractivity contribution in [2.75, 3.05) is 19.7 Å². The molecule has 0 amide bonds. The molecule has 2 atom stereocenters. The molecule has 1 aromatic carbocycles. The molecule has 5 nitrogen and oxygen atoms in total. The maximum absolute atomic E-state index is 11.3. The molecule has 0 aromatic heterocycles. The van der Waals surface area contributed by atoms with Crippen molar-refractivity contribution in [3.8, 4) is 0 Å². The number of carbonyl (C=O) groups is 2. The maximum atomic E-state index is 11.3. The summed E-state index contributed by atoms with van der Waals surface area (Å²) in [5, 5.41) is 0. The summed E-state index contributed by atoms with van der Waals surface area (Å²) in [5.41, 5.74) is 1.24. The quantitative estimate of drug-likeness (QED) is 0.779. The average molecular weight is 305 g/mol. The first-order chi connectivity index (χ1) is 10.5. The van der Waals surface area contributed by atoms with E-state index in [9.17, 15) is 9.59 Å². The van der Waals surface area contributed by atoms with E-state index >= 15 is 0 Å².